The number of hydrogen-bond donors (Lipinski definition) is 3. The van der Waals surface area contributed by atoms with Crippen molar-refractivity contribution >= 4 is 11.8 Å². The molecule has 2 fully saturated rings. The number of nitrogens with zero attached hydrogens (tertiary/aromatic N) is 1. The summed E-state index contributed by atoms with van der Waals surface area (Å²) in [6, 6.07) is 8.47. The molecule has 148 valence electrons. The van der Waals surface area contributed by atoms with Crippen molar-refractivity contribution in [1.29, 1.82) is 0 Å². The Hall–Kier alpha value is -1.92. The van der Waals surface area contributed by atoms with Gasteiger partial charge in [-0.3, -0.25) is 14.5 Å². The highest BCUT2D eigenvalue weighted by molar-refractivity contribution is 5.78. The number of carbonyl (C=O) groups excluding carboxylic acids is 2. The first-order chi connectivity index (χ1) is 13.0. The van der Waals surface area contributed by atoms with E-state index in [4.69, 9.17) is 11.5 Å². The van der Waals surface area contributed by atoms with Crippen molar-refractivity contribution in [2.45, 2.75) is 57.7 Å². The molecule has 2 aliphatic rings. The summed E-state index contributed by atoms with van der Waals surface area (Å²) in [5, 5.41) is 3.07. The predicted molar refractivity (Wildman–Crippen MR) is 105 cm³/mol. The molecular formula is C21H32N4O2. The number of amides is 2. The Balaban J connectivity index is 1.51. The smallest absolute Gasteiger partial charge is 0.223 e. The molecule has 0 radical (unpaired) electrons. The van der Waals surface area contributed by atoms with Gasteiger partial charge in [-0.1, -0.05) is 30.7 Å². The molecule has 1 aliphatic heterocycles. The van der Waals surface area contributed by atoms with E-state index in [1.165, 1.54) is 5.56 Å². The van der Waals surface area contributed by atoms with Gasteiger partial charge in [-0.05, 0) is 49.8 Å². The molecular weight excluding hydrogens is 340 g/mol. The quantitative estimate of drug-likeness (QED) is 0.704. The van der Waals surface area contributed by atoms with Crippen molar-refractivity contribution in [2.24, 2.45) is 23.3 Å². The van der Waals surface area contributed by atoms with Crippen LogP contribution in [-0.4, -0.2) is 35.8 Å². The molecule has 1 saturated carbocycles. The lowest BCUT2D eigenvalue weighted by atomic mass is 9.85. The van der Waals surface area contributed by atoms with Crippen LogP contribution in [0.2, 0.25) is 0 Å². The van der Waals surface area contributed by atoms with Crippen molar-refractivity contribution in [3.8, 4) is 0 Å². The highest BCUT2D eigenvalue weighted by Crippen LogP contribution is 2.23. The Kier molecular flexibility index (Phi) is 6.85. The number of likely N-dealkylation sites (tertiary alicyclic amines) is 1. The number of hydrogen-bond acceptors (Lipinski definition) is 4. The van der Waals surface area contributed by atoms with E-state index in [9.17, 15) is 9.59 Å². The standard InChI is InChI=1S/C21H32N4O2/c22-19-8-2-6-17(11-19)21(27)24-12-15-4-1-5-16(10-15)13-25-9-3-7-18(14-25)20(23)26/h1,4-5,10,17-19H,2-3,6-9,11-14,22H2,(H2,23,26)(H,24,27). The van der Waals surface area contributed by atoms with Crippen LogP contribution in [0.15, 0.2) is 24.3 Å². The van der Waals surface area contributed by atoms with Gasteiger partial charge >= 0.3 is 0 Å². The van der Waals surface area contributed by atoms with E-state index in [-0.39, 0.29) is 29.7 Å². The molecule has 1 aromatic carbocycles. The summed E-state index contributed by atoms with van der Waals surface area (Å²) in [6.45, 7) is 3.08. The van der Waals surface area contributed by atoms with Crippen LogP contribution in [0.5, 0.6) is 0 Å². The summed E-state index contributed by atoms with van der Waals surface area (Å²) in [5.41, 5.74) is 13.8. The van der Waals surface area contributed by atoms with Gasteiger partial charge in [-0.15, -0.1) is 0 Å². The minimum Gasteiger partial charge on any atom is -0.369 e. The van der Waals surface area contributed by atoms with Crippen molar-refractivity contribution in [1.82, 2.24) is 10.2 Å². The zero-order valence-electron chi connectivity index (χ0n) is 16.0. The summed E-state index contributed by atoms with van der Waals surface area (Å²) in [6.07, 6.45) is 5.70. The average molecular weight is 373 g/mol. The number of primary amides is 1. The molecule has 5 N–H and O–H groups in total. The number of rotatable bonds is 6. The third-order valence-electron chi connectivity index (χ3n) is 5.86. The van der Waals surface area contributed by atoms with Crippen LogP contribution in [0.1, 0.15) is 49.7 Å². The number of piperidine rings is 1. The van der Waals surface area contributed by atoms with Gasteiger partial charge in [0.15, 0.2) is 0 Å². The number of nitrogens with one attached hydrogen (secondary N) is 1. The number of benzene rings is 1. The first-order valence-corrected chi connectivity index (χ1v) is 10.1. The highest BCUT2D eigenvalue weighted by atomic mass is 16.2. The normalized spacial score (nSPS) is 26.5. The molecule has 6 heteroatoms. The molecule has 0 spiro atoms. The number of nitrogens with two attached hydrogens (primary N) is 2. The van der Waals surface area contributed by atoms with Crippen LogP contribution in [0.4, 0.5) is 0 Å². The Labute approximate surface area is 161 Å². The van der Waals surface area contributed by atoms with Crippen LogP contribution < -0.4 is 16.8 Å². The van der Waals surface area contributed by atoms with E-state index in [0.29, 0.717) is 6.54 Å². The van der Waals surface area contributed by atoms with Crippen molar-refractivity contribution in [3.63, 3.8) is 0 Å². The van der Waals surface area contributed by atoms with Crippen molar-refractivity contribution in [2.75, 3.05) is 13.1 Å². The third kappa shape index (κ3) is 5.78. The van der Waals surface area contributed by atoms with Gasteiger partial charge in [0.05, 0.1) is 5.92 Å². The Morgan fingerprint density at radius 1 is 1.11 bits per heavy atom. The lowest BCUT2D eigenvalue weighted by molar-refractivity contribution is -0.126. The zero-order valence-corrected chi connectivity index (χ0v) is 16.0. The van der Waals surface area contributed by atoms with Crippen LogP contribution in [0.3, 0.4) is 0 Å². The second-order valence-electron chi connectivity index (χ2n) is 8.14. The van der Waals surface area contributed by atoms with Gasteiger partial charge in [0.2, 0.25) is 11.8 Å². The van der Waals surface area contributed by atoms with Crippen LogP contribution in [0.25, 0.3) is 0 Å². The van der Waals surface area contributed by atoms with E-state index < -0.39 is 0 Å². The fourth-order valence-corrected chi connectivity index (χ4v) is 4.33. The maximum Gasteiger partial charge on any atom is 0.223 e. The molecule has 2 amide bonds. The molecule has 1 saturated heterocycles. The second-order valence-corrected chi connectivity index (χ2v) is 8.14. The topological polar surface area (TPSA) is 101 Å². The van der Waals surface area contributed by atoms with Gasteiger partial charge in [0.25, 0.3) is 0 Å². The van der Waals surface area contributed by atoms with Crippen molar-refractivity contribution < 1.29 is 9.59 Å². The first kappa shape index (κ1) is 19.8. The maximum atomic E-state index is 12.4. The molecule has 1 heterocycles. The molecule has 27 heavy (non-hydrogen) atoms. The highest BCUT2D eigenvalue weighted by Gasteiger charge is 2.25. The predicted octanol–water partition coefficient (Wildman–Crippen LogP) is 1.52. The van der Waals surface area contributed by atoms with E-state index in [0.717, 1.165) is 63.7 Å². The number of carbonyl (C=O) groups is 2. The second kappa shape index (κ2) is 9.33. The molecule has 1 aromatic rings. The van der Waals surface area contributed by atoms with E-state index in [2.05, 4.69) is 22.3 Å². The fraction of sp³-hybridized carbons (Fsp3) is 0.619. The lowest BCUT2D eigenvalue weighted by Gasteiger charge is -2.31. The van der Waals surface area contributed by atoms with Crippen LogP contribution in [0, 0.1) is 11.8 Å². The Morgan fingerprint density at radius 3 is 2.67 bits per heavy atom. The van der Waals surface area contributed by atoms with E-state index in [1.807, 2.05) is 12.1 Å². The monoisotopic (exact) mass is 372 g/mol. The van der Waals surface area contributed by atoms with Crippen LogP contribution in [-0.2, 0) is 22.7 Å². The summed E-state index contributed by atoms with van der Waals surface area (Å²) < 4.78 is 0. The molecule has 3 atom stereocenters. The zero-order chi connectivity index (χ0) is 19.2. The first-order valence-electron chi connectivity index (χ1n) is 10.1. The molecule has 3 rings (SSSR count). The third-order valence-corrected chi connectivity index (χ3v) is 5.86. The van der Waals surface area contributed by atoms with Crippen molar-refractivity contribution in [3.05, 3.63) is 35.4 Å². The SMILES string of the molecule is NC(=O)C1CCCN(Cc2cccc(CNC(=O)C3CCCC(N)C3)c2)C1. The average Bonchev–Trinajstić information content (AvgIpc) is 2.66. The van der Waals surface area contributed by atoms with Gasteiger partial charge < -0.3 is 16.8 Å². The molecule has 1 aliphatic carbocycles. The van der Waals surface area contributed by atoms with Gasteiger partial charge in [-0.25, -0.2) is 0 Å². The molecule has 0 aromatic heterocycles. The molecule has 6 nitrogen and oxygen atoms in total. The van der Waals surface area contributed by atoms with Gasteiger partial charge in [0, 0.05) is 31.6 Å². The Bertz CT molecular complexity index is 663. The molecule has 0 bridgehead atoms. The fourth-order valence-electron chi connectivity index (χ4n) is 4.33. The Morgan fingerprint density at radius 2 is 1.89 bits per heavy atom. The minimum absolute atomic E-state index is 0.0388. The maximum absolute atomic E-state index is 12.4. The van der Waals surface area contributed by atoms with Gasteiger partial charge in [0.1, 0.15) is 0 Å². The summed E-state index contributed by atoms with van der Waals surface area (Å²) in [5.74, 6) is -0.0615. The van der Waals surface area contributed by atoms with Gasteiger partial charge in [-0.2, -0.15) is 0 Å². The van der Waals surface area contributed by atoms with Crippen LogP contribution >= 0.6 is 0 Å². The largest absolute Gasteiger partial charge is 0.369 e. The minimum atomic E-state index is -0.196. The van der Waals surface area contributed by atoms with E-state index in [1.54, 1.807) is 0 Å². The molecule has 3 unspecified atom stereocenters. The summed E-state index contributed by atoms with van der Waals surface area (Å²) >= 11 is 0. The lowest BCUT2D eigenvalue weighted by Crippen LogP contribution is -2.40. The summed E-state index contributed by atoms with van der Waals surface area (Å²) in [4.78, 5) is 26.1. The van der Waals surface area contributed by atoms with E-state index >= 15 is 0 Å². The summed E-state index contributed by atoms with van der Waals surface area (Å²) in [7, 11) is 0.